The van der Waals surface area contributed by atoms with Gasteiger partial charge in [-0.2, -0.15) is 0 Å². The van der Waals surface area contributed by atoms with Crippen LogP contribution in [0.3, 0.4) is 0 Å². The molecule has 1 atom stereocenters. The molecule has 2 aromatic carbocycles. The fourth-order valence-corrected chi connectivity index (χ4v) is 3.42. The molecule has 0 heterocycles. The smallest absolute Gasteiger partial charge is 0.124 e. The van der Waals surface area contributed by atoms with Crippen molar-refractivity contribution in [1.82, 2.24) is 0 Å². The predicted octanol–water partition coefficient (Wildman–Crippen LogP) is 6.04. The number of hydrogen-bond donors (Lipinski definition) is 0. The molecule has 0 bridgehead atoms. The maximum atomic E-state index is 13.4. The van der Waals surface area contributed by atoms with Crippen LogP contribution in [0.4, 0.5) is 4.39 Å². The summed E-state index contributed by atoms with van der Waals surface area (Å²) >= 11 is 12.9. The Hall–Kier alpha value is -0.380. The lowest BCUT2D eigenvalue weighted by Crippen LogP contribution is -2.10. The number of rotatable bonds is 5. The molecule has 2 rings (SSSR count). The van der Waals surface area contributed by atoms with Crippen molar-refractivity contribution in [3.05, 3.63) is 68.9 Å². The van der Waals surface area contributed by atoms with Crippen molar-refractivity contribution in [3.8, 4) is 0 Å². The van der Waals surface area contributed by atoms with E-state index in [1.165, 1.54) is 11.6 Å². The third-order valence-corrected chi connectivity index (χ3v) is 4.69. The van der Waals surface area contributed by atoms with E-state index in [4.69, 9.17) is 11.6 Å². The zero-order valence-electron chi connectivity index (χ0n) is 10.8. The van der Waals surface area contributed by atoms with Gasteiger partial charge in [-0.15, -0.1) is 0 Å². The molecule has 0 aliphatic carbocycles. The van der Waals surface area contributed by atoms with Gasteiger partial charge < -0.3 is 0 Å². The summed E-state index contributed by atoms with van der Waals surface area (Å²) < 4.78 is 14.2. The Morgan fingerprint density at radius 2 is 1.80 bits per heavy atom. The van der Waals surface area contributed by atoms with Crippen molar-refractivity contribution in [2.24, 2.45) is 5.92 Å². The topological polar surface area (TPSA) is 0 Å². The quantitative estimate of drug-likeness (QED) is 0.518. The van der Waals surface area contributed by atoms with Crippen molar-refractivity contribution in [1.29, 1.82) is 0 Å². The first-order valence-electron chi connectivity index (χ1n) is 6.32. The first-order chi connectivity index (χ1) is 9.56. The van der Waals surface area contributed by atoms with Gasteiger partial charge in [-0.1, -0.05) is 55.6 Å². The van der Waals surface area contributed by atoms with Crippen LogP contribution >= 0.6 is 43.5 Å². The normalized spacial score (nSPS) is 12.4. The fourth-order valence-electron chi connectivity index (χ4n) is 2.24. The van der Waals surface area contributed by atoms with Crippen molar-refractivity contribution in [2.75, 3.05) is 5.33 Å². The highest BCUT2D eigenvalue weighted by Gasteiger charge is 2.11. The molecular formula is C16H14Br2ClF. The molecule has 0 N–H and O–H groups in total. The Bertz CT molecular complexity index is 566. The second kappa shape index (κ2) is 7.58. The molecule has 4 heteroatoms. The molecule has 0 aliphatic heterocycles. The van der Waals surface area contributed by atoms with Crippen molar-refractivity contribution < 1.29 is 4.39 Å². The van der Waals surface area contributed by atoms with Crippen LogP contribution in [0.25, 0.3) is 0 Å². The maximum Gasteiger partial charge on any atom is 0.124 e. The van der Waals surface area contributed by atoms with E-state index in [9.17, 15) is 4.39 Å². The highest BCUT2D eigenvalue weighted by Crippen LogP contribution is 2.22. The highest BCUT2D eigenvalue weighted by atomic mass is 79.9. The van der Waals surface area contributed by atoms with E-state index < -0.39 is 0 Å². The molecule has 2 aromatic rings. The van der Waals surface area contributed by atoms with E-state index >= 15 is 0 Å². The zero-order valence-corrected chi connectivity index (χ0v) is 14.7. The second-order valence-corrected chi connectivity index (χ2v) is 6.84. The number of halogens is 4. The van der Waals surface area contributed by atoms with Gasteiger partial charge >= 0.3 is 0 Å². The van der Waals surface area contributed by atoms with Gasteiger partial charge in [0.15, 0.2) is 0 Å². The molecule has 0 fully saturated rings. The molecule has 0 aromatic heterocycles. The van der Waals surface area contributed by atoms with Gasteiger partial charge in [-0.05, 0) is 60.2 Å². The molecule has 0 saturated heterocycles. The molecule has 106 valence electrons. The maximum absolute atomic E-state index is 13.4. The zero-order chi connectivity index (χ0) is 14.5. The largest absolute Gasteiger partial charge is 0.207 e. The number of hydrogen-bond acceptors (Lipinski definition) is 0. The predicted molar refractivity (Wildman–Crippen MR) is 90.2 cm³/mol. The molecule has 0 nitrogen and oxygen atoms in total. The number of alkyl halides is 1. The third-order valence-electron chi connectivity index (χ3n) is 3.08. The van der Waals surface area contributed by atoms with Gasteiger partial charge in [0.25, 0.3) is 0 Å². The lowest BCUT2D eigenvalue weighted by molar-refractivity contribution is 0.582. The summed E-state index contributed by atoms with van der Waals surface area (Å²) in [5.74, 6) is 0.201. The van der Waals surface area contributed by atoms with E-state index in [1.807, 2.05) is 24.3 Å². The van der Waals surface area contributed by atoms with E-state index in [0.29, 0.717) is 5.92 Å². The average Bonchev–Trinajstić information content (AvgIpc) is 2.36. The fraction of sp³-hybridized carbons (Fsp3) is 0.250. The molecular weight excluding hydrogens is 406 g/mol. The summed E-state index contributed by atoms with van der Waals surface area (Å²) in [6.45, 7) is 0. The van der Waals surface area contributed by atoms with E-state index in [1.54, 1.807) is 6.07 Å². The van der Waals surface area contributed by atoms with Gasteiger partial charge in [0.1, 0.15) is 5.82 Å². The second-order valence-electron chi connectivity index (χ2n) is 4.84. The highest BCUT2D eigenvalue weighted by molar-refractivity contribution is 9.10. The lowest BCUT2D eigenvalue weighted by Gasteiger charge is -2.15. The Labute approximate surface area is 140 Å². The lowest BCUT2D eigenvalue weighted by atomic mass is 9.94. The van der Waals surface area contributed by atoms with E-state index in [2.05, 4.69) is 37.9 Å². The summed E-state index contributed by atoms with van der Waals surface area (Å²) in [7, 11) is 0. The number of benzene rings is 2. The van der Waals surface area contributed by atoms with Gasteiger partial charge in [0, 0.05) is 14.8 Å². The minimum Gasteiger partial charge on any atom is -0.207 e. The van der Waals surface area contributed by atoms with E-state index in [-0.39, 0.29) is 5.82 Å². The van der Waals surface area contributed by atoms with Crippen LogP contribution in [0.1, 0.15) is 11.1 Å². The Morgan fingerprint density at radius 3 is 2.45 bits per heavy atom. The molecule has 0 radical (unpaired) electrons. The molecule has 20 heavy (non-hydrogen) atoms. The molecule has 0 spiro atoms. The van der Waals surface area contributed by atoms with Gasteiger partial charge in [0.05, 0.1) is 0 Å². The SMILES string of the molecule is Fc1cc(Br)cc(CC(CBr)Cc2cccc(Cl)c2)c1. The summed E-state index contributed by atoms with van der Waals surface area (Å²) in [5.41, 5.74) is 2.21. The summed E-state index contributed by atoms with van der Waals surface area (Å²) in [5, 5.41) is 1.62. The van der Waals surface area contributed by atoms with Crippen LogP contribution in [-0.2, 0) is 12.8 Å². The van der Waals surface area contributed by atoms with Crippen molar-refractivity contribution >= 4 is 43.5 Å². The van der Waals surface area contributed by atoms with Crippen LogP contribution in [0.5, 0.6) is 0 Å². The van der Waals surface area contributed by atoms with Gasteiger partial charge in [-0.3, -0.25) is 0 Å². The van der Waals surface area contributed by atoms with Crippen molar-refractivity contribution in [2.45, 2.75) is 12.8 Å². The molecule has 0 aliphatic rings. The standard InChI is InChI=1S/C16H14Br2ClF/c17-10-13(4-11-2-1-3-15(19)7-11)5-12-6-14(18)9-16(20)8-12/h1-3,6-9,13H,4-5,10H2. The monoisotopic (exact) mass is 418 g/mol. The first kappa shape index (κ1) is 16.0. The van der Waals surface area contributed by atoms with Gasteiger partial charge in [-0.25, -0.2) is 4.39 Å². The van der Waals surface area contributed by atoms with E-state index in [0.717, 1.165) is 33.2 Å². The minimum absolute atomic E-state index is 0.203. The molecule has 1 unspecified atom stereocenters. The Kier molecular flexibility index (Phi) is 6.06. The third kappa shape index (κ3) is 4.87. The molecule has 0 saturated carbocycles. The first-order valence-corrected chi connectivity index (χ1v) is 8.61. The Morgan fingerprint density at radius 1 is 1.05 bits per heavy atom. The van der Waals surface area contributed by atoms with Crippen LogP contribution in [0.15, 0.2) is 46.9 Å². The summed E-state index contributed by atoms with van der Waals surface area (Å²) in [6, 6.07) is 12.9. The van der Waals surface area contributed by atoms with Crippen LogP contribution in [0, 0.1) is 11.7 Å². The van der Waals surface area contributed by atoms with Crippen LogP contribution < -0.4 is 0 Å². The summed E-state index contributed by atoms with van der Waals surface area (Å²) in [6.07, 6.45) is 1.74. The van der Waals surface area contributed by atoms with Gasteiger partial charge in [0.2, 0.25) is 0 Å². The average molecular weight is 421 g/mol. The summed E-state index contributed by atoms with van der Waals surface area (Å²) in [4.78, 5) is 0. The Balaban J connectivity index is 2.09. The minimum atomic E-state index is -0.203. The molecule has 0 amide bonds. The van der Waals surface area contributed by atoms with Crippen LogP contribution in [0.2, 0.25) is 5.02 Å². The van der Waals surface area contributed by atoms with Crippen LogP contribution in [-0.4, -0.2) is 5.33 Å². The van der Waals surface area contributed by atoms with Crippen molar-refractivity contribution in [3.63, 3.8) is 0 Å².